The molecule has 4 nitrogen and oxygen atoms in total. The molecule has 2 aromatic rings. The van der Waals surface area contributed by atoms with Crippen molar-refractivity contribution in [2.45, 2.75) is 13.5 Å². The molecule has 0 aliphatic rings. The zero-order valence-corrected chi connectivity index (χ0v) is 12.1. The van der Waals surface area contributed by atoms with Crippen molar-refractivity contribution < 1.29 is 4.79 Å². The average Bonchev–Trinajstić information content (AvgIpc) is 2.52. The third-order valence-electron chi connectivity index (χ3n) is 3.20. The summed E-state index contributed by atoms with van der Waals surface area (Å²) in [5.74, 6) is -0.134. The molecule has 0 atom stereocenters. The van der Waals surface area contributed by atoms with E-state index in [9.17, 15) is 4.79 Å². The lowest BCUT2D eigenvalue weighted by Crippen LogP contribution is -2.23. The molecule has 0 saturated carbocycles. The topological polar surface area (TPSA) is 64.9 Å². The van der Waals surface area contributed by atoms with Gasteiger partial charge in [0.05, 0.1) is 17.2 Å². The van der Waals surface area contributed by atoms with Crippen molar-refractivity contribution in [1.82, 2.24) is 5.32 Å². The Labute approximate surface area is 124 Å². The standard InChI is InChI=1S/C17H17N3O/c1-12-6-7-16(19-2)15(8-12)17(21)20-11-14-5-3-4-13(9-14)10-18/h3-9,19H,11H2,1-2H3,(H,20,21). The number of hydrogen-bond acceptors (Lipinski definition) is 3. The molecule has 0 fully saturated rings. The number of nitrogens with one attached hydrogen (secondary N) is 2. The van der Waals surface area contributed by atoms with Gasteiger partial charge < -0.3 is 10.6 Å². The van der Waals surface area contributed by atoms with Crippen molar-refractivity contribution in [3.8, 4) is 6.07 Å². The first-order valence-electron chi connectivity index (χ1n) is 6.69. The summed E-state index contributed by atoms with van der Waals surface area (Å²) in [4.78, 5) is 12.3. The fraction of sp³-hybridized carbons (Fsp3) is 0.176. The Balaban J connectivity index is 2.11. The first-order chi connectivity index (χ1) is 10.1. The maximum Gasteiger partial charge on any atom is 0.253 e. The summed E-state index contributed by atoms with van der Waals surface area (Å²) in [6, 6.07) is 15.0. The quantitative estimate of drug-likeness (QED) is 0.904. The first-order valence-corrected chi connectivity index (χ1v) is 6.69. The molecule has 0 bridgehead atoms. The molecule has 1 amide bonds. The highest BCUT2D eigenvalue weighted by Gasteiger charge is 2.10. The number of aryl methyl sites for hydroxylation is 1. The van der Waals surface area contributed by atoms with Crippen LogP contribution in [0.2, 0.25) is 0 Å². The molecule has 2 rings (SSSR count). The summed E-state index contributed by atoms with van der Waals surface area (Å²) in [6.45, 7) is 2.35. The highest BCUT2D eigenvalue weighted by molar-refractivity contribution is 5.99. The molecule has 4 heteroatoms. The van der Waals surface area contributed by atoms with Gasteiger partial charge in [0.25, 0.3) is 5.91 Å². The third-order valence-corrected chi connectivity index (χ3v) is 3.20. The number of hydrogen-bond donors (Lipinski definition) is 2. The van der Waals surface area contributed by atoms with Crippen LogP contribution in [0.15, 0.2) is 42.5 Å². The Hall–Kier alpha value is -2.80. The van der Waals surface area contributed by atoms with E-state index in [2.05, 4.69) is 16.7 Å². The molecule has 0 aromatic heterocycles. The molecule has 0 heterocycles. The minimum absolute atomic E-state index is 0.134. The van der Waals surface area contributed by atoms with Crippen molar-refractivity contribution in [1.29, 1.82) is 5.26 Å². The van der Waals surface area contributed by atoms with Gasteiger partial charge in [0.2, 0.25) is 0 Å². The summed E-state index contributed by atoms with van der Waals surface area (Å²) in [5, 5.41) is 14.8. The van der Waals surface area contributed by atoms with E-state index in [1.807, 2.05) is 37.3 Å². The maximum absolute atomic E-state index is 12.3. The third kappa shape index (κ3) is 3.61. The summed E-state index contributed by atoms with van der Waals surface area (Å²) in [6.07, 6.45) is 0. The van der Waals surface area contributed by atoms with Gasteiger partial charge in [-0.2, -0.15) is 5.26 Å². The van der Waals surface area contributed by atoms with Crippen LogP contribution in [0.25, 0.3) is 0 Å². The van der Waals surface area contributed by atoms with Crippen molar-refractivity contribution in [3.63, 3.8) is 0 Å². The lowest BCUT2D eigenvalue weighted by molar-refractivity contribution is 0.0951. The Morgan fingerprint density at radius 3 is 2.76 bits per heavy atom. The number of amides is 1. The van der Waals surface area contributed by atoms with Gasteiger partial charge >= 0.3 is 0 Å². The zero-order chi connectivity index (χ0) is 15.2. The van der Waals surface area contributed by atoms with E-state index in [1.54, 1.807) is 19.2 Å². The second-order valence-corrected chi connectivity index (χ2v) is 4.79. The molecule has 2 aromatic carbocycles. The van der Waals surface area contributed by atoms with Crippen LogP contribution < -0.4 is 10.6 Å². The minimum Gasteiger partial charge on any atom is -0.387 e. The maximum atomic E-state index is 12.3. The van der Waals surface area contributed by atoms with Crippen LogP contribution in [0.3, 0.4) is 0 Å². The van der Waals surface area contributed by atoms with E-state index in [-0.39, 0.29) is 5.91 Å². The van der Waals surface area contributed by atoms with Gasteiger partial charge in [0, 0.05) is 19.3 Å². The lowest BCUT2D eigenvalue weighted by Gasteiger charge is -2.11. The second kappa shape index (κ2) is 6.58. The molecule has 0 unspecified atom stereocenters. The molecule has 0 saturated heterocycles. The van der Waals surface area contributed by atoms with Crippen LogP contribution in [0.4, 0.5) is 5.69 Å². The number of carbonyl (C=O) groups excluding carboxylic acids is 1. The van der Waals surface area contributed by atoms with Crippen LogP contribution >= 0.6 is 0 Å². The van der Waals surface area contributed by atoms with Crippen LogP contribution in [-0.4, -0.2) is 13.0 Å². The Morgan fingerprint density at radius 2 is 2.05 bits per heavy atom. The highest BCUT2D eigenvalue weighted by Crippen LogP contribution is 2.17. The van der Waals surface area contributed by atoms with Crippen LogP contribution in [0, 0.1) is 18.3 Å². The Kier molecular flexibility index (Phi) is 4.57. The van der Waals surface area contributed by atoms with E-state index >= 15 is 0 Å². The fourth-order valence-corrected chi connectivity index (χ4v) is 2.09. The predicted octanol–water partition coefficient (Wildman–Crippen LogP) is 2.84. The Bertz CT molecular complexity index is 701. The number of nitrogens with zero attached hydrogens (tertiary/aromatic N) is 1. The molecule has 0 radical (unpaired) electrons. The summed E-state index contributed by atoms with van der Waals surface area (Å²) >= 11 is 0. The average molecular weight is 279 g/mol. The molecule has 2 N–H and O–H groups in total. The molecule has 0 aliphatic carbocycles. The van der Waals surface area contributed by atoms with Gasteiger partial charge in [-0.3, -0.25) is 4.79 Å². The number of carbonyl (C=O) groups is 1. The van der Waals surface area contributed by atoms with E-state index in [0.29, 0.717) is 17.7 Å². The van der Waals surface area contributed by atoms with Crippen molar-refractivity contribution in [3.05, 3.63) is 64.7 Å². The van der Waals surface area contributed by atoms with E-state index in [0.717, 1.165) is 16.8 Å². The fourth-order valence-electron chi connectivity index (χ4n) is 2.09. The van der Waals surface area contributed by atoms with Gasteiger partial charge in [0.1, 0.15) is 0 Å². The number of benzene rings is 2. The van der Waals surface area contributed by atoms with Crippen molar-refractivity contribution in [2.24, 2.45) is 0 Å². The highest BCUT2D eigenvalue weighted by atomic mass is 16.1. The van der Waals surface area contributed by atoms with Crippen molar-refractivity contribution >= 4 is 11.6 Å². The predicted molar refractivity (Wildman–Crippen MR) is 83.1 cm³/mol. The first kappa shape index (κ1) is 14.6. The number of anilines is 1. The van der Waals surface area contributed by atoms with E-state index < -0.39 is 0 Å². The number of rotatable bonds is 4. The summed E-state index contributed by atoms with van der Waals surface area (Å²) in [7, 11) is 1.79. The van der Waals surface area contributed by atoms with Gasteiger partial charge in [-0.05, 0) is 36.8 Å². The van der Waals surface area contributed by atoms with Gasteiger partial charge in [-0.15, -0.1) is 0 Å². The summed E-state index contributed by atoms with van der Waals surface area (Å²) < 4.78 is 0. The molecule has 0 spiro atoms. The lowest BCUT2D eigenvalue weighted by atomic mass is 10.1. The smallest absolute Gasteiger partial charge is 0.253 e. The van der Waals surface area contributed by atoms with Gasteiger partial charge in [-0.25, -0.2) is 0 Å². The van der Waals surface area contributed by atoms with Crippen molar-refractivity contribution in [2.75, 3.05) is 12.4 Å². The molecular formula is C17H17N3O. The largest absolute Gasteiger partial charge is 0.387 e. The molecule has 106 valence electrons. The van der Waals surface area contributed by atoms with Gasteiger partial charge in [-0.1, -0.05) is 23.8 Å². The molecule has 21 heavy (non-hydrogen) atoms. The monoisotopic (exact) mass is 279 g/mol. The zero-order valence-electron chi connectivity index (χ0n) is 12.1. The van der Waals surface area contributed by atoms with E-state index in [4.69, 9.17) is 5.26 Å². The number of nitriles is 1. The molecule has 0 aliphatic heterocycles. The molecular weight excluding hydrogens is 262 g/mol. The SMILES string of the molecule is CNc1ccc(C)cc1C(=O)NCc1cccc(C#N)c1. The van der Waals surface area contributed by atoms with Crippen LogP contribution in [0.1, 0.15) is 27.0 Å². The summed E-state index contributed by atoms with van der Waals surface area (Å²) in [5.41, 5.74) is 3.94. The minimum atomic E-state index is -0.134. The second-order valence-electron chi connectivity index (χ2n) is 4.79. The van der Waals surface area contributed by atoms with Gasteiger partial charge in [0.15, 0.2) is 0 Å². The normalized spacial score (nSPS) is 9.76. The van der Waals surface area contributed by atoms with Crippen LogP contribution in [0.5, 0.6) is 0 Å². The Morgan fingerprint density at radius 1 is 1.24 bits per heavy atom. The van der Waals surface area contributed by atoms with E-state index in [1.165, 1.54) is 0 Å². The van der Waals surface area contributed by atoms with Crippen LogP contribution in [-0.2, 0) is 6.54 Å².